The lowest BCUT2D eigenvalue weighted by atomic mass is 10.1. The van der Waals surface area contributed by atoms with E-state index in [-0.39, 0.29) is 11.4 Å². The highest BCUT2D eigenvalue weighted by molar-refractivity contribution is 5.93. The van der Waals surface area contributed by atoms with Crippen LogP contribution in [0, 0.1) is 0 Å². The van der Waals surface area contributed by atoms with Gasteiger partial charge in [0.1, 0.15) is 17.2 Å². The van der Waals surface area contributed by atoms with Gasteiger partial charge in [0.05, 0.1) is 11.3 Å². The summed E-state index contributed by atoms with van der Waals surface area (Å²) in [7, 11) is 1.88. The van der Waals surface area contributed by atoms with Crippen molar-refractivity contribution in [1.82, 2.24) is 4.98 Å². The molecule has 0 radical (unpaired) electrons. The number of carbonyl (C=O) groups excluding carboxylic acids is 1. The highest BCUT2D eigenvalue weighted by atomic mass is 19.4. The zero-order chi connectivity index (χ0) is 24.3. The molecule has 0 aliphatic heterocycles. The first kappa shape index (κ1) is 22.8. The number of benzene rings is 3. The van der Waals surface area contributed by atoms with Crippen LogP contribution in [0.5, 0.6) is 11.5 Å². The first-order valence-electron chi connectivity index (χ1n) is 10.3. The summed E-state index contributed by atoms with van der Waals surface area (Å²) in [5.41, 5.74) is 7.80. The van der Waals surface area contributed by atoms with Crippen LogP contribution in [-0.2, 0) is 6.18 Å². The summed E-state index contributed by atoms with van der Waals surface area (Å²) >= 11 is 0. The number of hydrogen-bond acceptors (Lipinski definition) is 4. The quantitative estimate of drug-likeness (QED) is 0.358. The Labute approximate surface area is 194 Å². The Hall–Kier alpha value is -4.33. The molecule has 0 aliphatic carbocycles. The van der Waals surface area contributed by atoms with E-state index >= 15 is 0 Å². The predicted octanol–water partition coefficient (Wildman–Crippen LogP) is 6.43. The van der Waals surface area contributed by atoms with E-state index in [0.29, 0.717) is 17.0 Å². The zero-order valence-electron chi connectivity index (χ0n) is 18.1. The van der Waals surface area contributed by atoms with Crippen molar-refractivity contribution in [3.8, 4) is 22.8 Å². The van der Waals surface area contributed by atoms with Gasteiger partial charge in [-0.05, 0) is 72.8 Å². The number of pyridine rings is 1. The Bertz CT molecular complexity index is 1290. The molecule has 0 atom stereocenters. The second kappa shape index (κ2) is 9.27. The molecule has 1 aromatic heterocycles. The molecule has 172 valence electrons. The van der Waals surface area contributed by atoms with E-state index in [1.165, 1.54) is 12.1 Å². The molecule has 3 aromatic carbocycles. The average Bonchev–Trinajstić information content (AvgIpc) is 2.84. The van der Waals surface area contributed by atoms with Crippen molar-refractivity contribution in [1.29, 1.82) is 0 Å². The van der Waals surface area contributed by atoms with Crippen LogP contribution in [0.2, 0.25) is 0 Å². The Morgan fingerprint density at radius 1 is 0.853 bits per heavy atom. The van der Waals surface area contributed by atoms with Crippen LogP contribution < -0.4 is 15.4 Å². The van der Waals surface area contributed by atoms with Crippen LogP contribution in [0.3, 0.4) is 0 Å². The largest absolute Gasteiger partial charge is 0.457 e. The summed E-state index contributed by atoms with van der Waals surface area (Å²) in [6, 6.07) is 24.4. The molecule has 0 bridgehead atoms. The van der Waals surface area contributed by atoms with E-state index in [1.807, 2.05) is 48.3 Å². The Kier molecular flexibility index (Phi) is 6.23. The summed E-state index contributed by atoms with van der Waals surface area (Å²) < 4.78 is 43.8. The summed E-state index contributed by atoms with van der Waals surface area (Å²) in [5, 5.41) is 0. The molecule has 0 fully saturated rings. The number of carbonyl (C=O) groups is 1. The van der Waals surface area contributed by atoms with Crippen molar-refractivity contribution in [3.63, 3.8) is 0 Å². The molecular formula is C26H20F3N3O2. The van der Waals surface area contributed by atoms with Gasteiger partial charge in [-0.3, -0.25) is 4.79 Å². The van der Waals surface area contributed by atoms with Gasteiger partial charge in [-0.25, -0.2) is 4.98 Å². The van der Waals surface area contributed by atoms with Gasteiger partial charge >= 0.3 is 6.18 Å². The molecule has 0 spiro atoms. The maximum absolute atomic E-state index is 12.7. The van der Waals surface area contributed by atoms with E-state index in [2.05, 4.69) is 4.98 Å². The Balaban J connectivity index is 1.59. The fraction of sp³-hybridized carbons (Fsp3) is 0.0769. The SMILES string of the molecule is CN(c1ccccc1)c1cc(C(N)=O)nc(-c2ccc(Oc3ccc(C(F)(F)F)cc3)cc2)c1. The van der Waals surface area contributed by atoms with Gasteiger partial charge in [-0.15, -0.1) is 0 Å². The molecule has 8 heteroatoms. The minimum absolute atomic E-state index is 0.125. The van der Waals surface area contributed by atoms with Gasteiger partial charge in [0.25, 0.3) is 5.91 Å². The van der Waals surface area contributed by atoms with Gasteiger partial charge in [0.2, 0.25) is 0 Å². The standard InChI is InChI=1S/C26H20F3N3O2/c1-32(19-5-3-2-4-6-19)20-15-23(31-24(16-20)25(30)33)17-7-11-21(12-8-17)34-22-13-9-18(10-14-22)26(27,28)29/h2-16H,1H3,(H2,30,33). The number of alkyl halides is 3. The van der Waals surface area contributed by atoms with Crippen LogP contribution in [0.25, 0.3) is 11.3 Å². The fourth-order valence-corrected chi connectivity index (χ4v) is 3.33. The maximum Gasteiger partial charge on any atom is 0.416 e. The Morgan fingerprint density at radius 2 is 1.44 bits per heavy atom. The van der Waals surface area contributed by atoms with Crippen LogP contribution >= 0.6 is 0 Å². The first-order valence-corrected chi connectivity index (χ1v) is 10.3. The highest BCUT2D eigenvalue weighted by Gasteiger charge is 2.30. The topological polar surface area (TPSA) is 68.5 Å². The van der Waals surface area contributed by atoms with Gasteiger partial charge < -0.3 is 15.4 Å². The number of amides is 1. The van der Waals surface area contributed by atoms with Crippen molar-refractivity contribution < 1.29 is 22.7 Å². The molecule has 0 aliphatic rings. The molecule has 4 rings (SSSR count). The second-order valence-electron chi connectivity index (χ2n) is 7.50. The number of halogens is 3. The van der Waals surface area contributed by atoms with E-state index in [9.17, 15) is 18.0 Å². The minimum Gasteiger partial charge on any atom is -0.457 e. The van der Waals surface area contributed by atoms with E-state index in [0.717, 1.165) is 23.5 Å². The van der Waals surface area contributed by atoms with E-state index in [4.69, 9.17) is 10.5 Å². The molecule has 2 N–H and O–H groups in total. The summed E-state index contributed by atoms with van der Waals surface area (Å²) in [6.07, 6.45) is -4.40. The first-order chi connectivity index (χ1) is 16.2. The third kappa shape index (κ3) is 5.17. The van der Waals surface area contributed by atoms with Crippen molar-refractivity contribution in [2.24, 2.45) is 5.73 Å². The summed E-state index contributed by atoms with van der Waals surface area (Å²) in [6.45, 7) is 0. The minimum atomic E-state index is -4.40. The molecule has 1 heterocycles. The van der Waals surface area contributed by atoms with Crippen molar-refractivity contribution in [3.05, 3.63) is 102 Å². The van der Waals surface area contributed by atoms with E-state index in [1.54, 1.807) is 30.3 Å². The van der Waals surface area contributed by atoms with Crippen molar-refractivity contribution in [2.75, 3.05) is 11.9 Å². The zero-order valence-corrected chi connectivity index (χ0v) is 18.1. The molecule has 1 amide bonds. The number of hydrogen-bond donors (Lipinski definition) is 1. The summed E-state index contributed by atoms with van der Waals surface area (Å²) in [5.74, 6) is 0.0735. The molecule has 0 unspecified atom stereocenters. The van der Waals surface area contributed by atoms with Crippen LogP contribution in [-0.4, -0.2) is 17.9 Å². The van der Waals surface area contributed by atoms with Gasteiger partial charge in [0.15, 0.2) is 0 Å². The smallest absolute Gasteiger partial charge is 0.416 e. The number of anilines is 2. The lowest BCUT2D eigenvalue weighted by Gasteiger charge is -2.20. The molecule has 0 saturated heterocycles. The number of nitrogens with zero attached hydrogens (tertiary/aromatic N) is 2. The number of primary amides is 1. The number of aromatic nitrogens is 1. The van der Waals surface area contributed by atoms with E-state index < -0.39 is 17.6 Å². The maximum atomic E-state index is 12.7. The lowest BCUT2D eigenvalue weighted by molar-refractivity contribution is -0.137. The van der Waals surface area contributed by atoms with Crippen LogP contribution in [0.1, 0.15) is 16.1 Å². The van der Waals surface area contributed by atoms with Crippen LogP contribution in [0.4, 0.5) is 24.5 Å². The molecule has 4 aromatic rings. The van der Waals surface area contributed by atoms with Crippen LogP contribution in [0.15, 0.2) is 91.0 Å². The lowest BCUT2D eigenvalue weighted by Crippen LogP contribution is -2.16. The number of nitrogens with two attached hydrogens (primary N) is 1. The number of ether oxygens (including phenoxy) is 1. The predicted molar refractivity (Wildman–Crippen MR) is 124 cm³/mol. The van der Waals surface area contributed by atoms with Gasteiger partial charge in [-0.1, -0.05) is 18.2 Å². The third-order valence-electron chi connectivity index (χ3n) is 5.16. The van der Waals surface area contributed by atoms with Gasteiger partial charge in [-0.2, -0.15) is 13.2 Å². The fourth-order valence-electron chi connectivity index (χ4n) is 3.33. The molecule has 0 saturated carbocycles. The number of rotatable bonds is 6. The molecule has 34 heavy (non-hydrogen) atoms. The van der Waals surface area contributed by atoms with Gasteiger partial charge in [0, 0.05) is 24.0 Å². The normalized spacial score (nSPS) is 11.2. The van der Waals surface area contributed by atoms with Crippen molar-refractivity contribution >= 4 is 17.3 Å². The summed E-state index contributed by atoms with van der Waals surface area (Å²) in [4.78, 5) is 18.2. The monoisotopic (exact) mass is 463 g/mol. The molecular weight excluding hydrogens is 443 g/mol. The molecule has 5 nitrogen and oxygen atoms in total. The van der Waals surface area contributed by atoms with Crippen molar-refractivity contribution in [2.45, 2.75) is 6.18 Å². The second-order valence-corrected chi connectivity index (χ2v) is 7.50. The average molecular weight is 463 g/mol. The third-order valence-corrected chi connectivity index (χ3v) is 5.16. The highest BCUT2D eigenvalue weighted by Crippen LogP contribution is 2.33. The Morgan fingerprint density at radius 3 is 2.00 bits per heavy atom. The number of para-hydroxylation sites is 1.